The molecule has 0 aliphatic rings. The van der Waals surface area contributed by atoms with Crippen molar-refractivity contribution in [3.05, 3.63) is 23.7 Å². The fraction of sp³-hybridized carbons (Fsp3) is 0.545. The Kier molecular flexibility index (Phi) is 5.75. The molecule has 0 radical (unpaired) electrons. The lowest BCUT2D eigenvalue weighted by Crippen LogP contribution is -2.23. The summed E-state index contributed by atoms with van der Waals surface area (Å²) in [6.07, 6.45) is 4.94. The van der Waals surface area contributed by atoms with Crippen LogP contribution in [0.4, 0.5) is 0 Å². The Labute approximate surface area is 104 Å². The minimum Gasteiger partial charge on any atom is -0.469 e. The largest absolute Gasteiger partial charge is 0.469 e. The van der Waals surface area contributed by atoms with Crippen molar-refractivity contribution in [1.29, 1.82) is 0 Å². The first-order valence-electron chi connectivity index (χ1n) is 5.13. The Balaban J connectivity index is 2.19. The van der Waals surface area contributed by atoms with E-state index in [1.807, 2.05) is 6.92 Å². The molecule has 1 heterocycles. The standard InChI is InChI=1S/C11H16INO2/c1-9-7-10(8-15-9)11(14)13-6-4-2-3-5-12/h7-8H,2-6H2,1H3,(H,13,14). The molecule has 0 aromatic carbocycles. The normalized spacial score (nSPS) is 10.3. The highest BCUT2D eigenvalue weighted by Gasteiger charge is 2.06. The topological polar surface area (TPSA) is 42.2 Å². The van der Waals surface area contributed by atoms with Gasteiger partial charge >= 0.3 is 0 Å². The number of carbonyl (C=O) groups is 1. The first-order chi connectivity index (χ1) is 7.24. The molecular formula is C11H16INO2. The summed E-state index contributed by atoms with van der Waals surface area (Å²) in [6.45, 7) is 2.58. The SMILES string of the molecule is Cc1cc(C(=O)NCCCCCI)co1. The maximum atomic E-state index is 11.5. The van der Waals surface area contributed by atoms with E-state index in [0.717, 1.165) is 18.7 Å². The van der Waals surface area contributed by atoms with E-state index in [-0.39, 0.29) is 5.91 Å². The summed E-state index contributed by atoms with van der Waals surface area (Å²) in [4.78, 5) is 11.5. The van der Waals surface area contributed by atoms with E-state index in [9.17, 15) is 4.79 Å². The first-order valence-corrected chi connectivity index (χ1v) is 6.66. The van der Waals surface area contributed by atoms with Gasteiger partial charge in [0, 0.05) is 6.54 Å². The lowest BCUT2D eigenvalue weighted by Gasteiger charge is -2.02. The zero-order chi connectivity index (χ0) is 11.1. The second-order valence-corrected chi connectivity index (χ2v) is 4.53. The summed E-state index contributed by atoms with van der Waals surface area (Å²) in [5, 5.41) is 2.87. The van der Waals surface area contributed by atoms with Crippen LogP contribution in [0.1, 0.15) is 35.4 Å². The highest BCUT2D eigenvalue weighted by molar-refractivity contribution is 14.1. The van der Waals surface area contributed by atoms with E-state index >= 15 is 0 Å². The van der Waals surface area contributed by atoms with Crippen LogP contribution in [0.25, 0.3) is 0 Å². The minimum absolute atomic E-state index is 0.0404. The van der Waals surface area contributed by atoms with Crippen LogP contribution < -0.4 is 5.32 Å². The smallest absolute Gasteiger partial charge is 0.254 e. The minimum atomic E-state index is -0.0404. The molecule has 0 spiro atoms. The van der Waals surface area contributed by atoms with E-state index in [0.29, 0.717) is 5.56 Å². The van der Waals surface area contributed by atoms with Crippen molar-refractivity contribution in [2.75, 3.05) is 11.0 Å². The monoisotopic (exact) mass is 321 g/mol. The number of halogens is 1. The molecule has 0 fully saturated rings. The molecule has 0 aliphatic carbocycles. The molecule has 0 atom stereocenters. The van der Waals surface area contributed by atoms with Gasteiger partial charge in [0.05, 0.1) is 5.56 Å². The van der Waals surface area contributed by atoms with Crippen LogP contribution in [0.5, 0.6) is 0 Å². The first kappa shape index (κ1) is 12.5. The number of hydrogen-bond donors (Lipinski definition) is 1. The van der Waals surface area contributed by atoms with Crippen LogP contribution in [0.2, 0.25) is 0 Å². The van der Waals surface area contributed by atoms with Crippen molar-refractivity contribution >= 4 is 28.5 Å². The molecule has 0 saturated heterocycles. The Morgan fingerprint density at radius 1 is 1.47 bits per heavy atom. The van der Waals surface area contributed by atoms with Crippen molar-refractivity contribution in [1.82, 2.24) is 5.32 Å². The van der Waals surface area contributed by atoms with Gasteiger partial charge in [0.1, 0.15) is 12.0 Å². The number of rotatable bonds is 6. The summed E-state index contributed by atoms with van der Waals surface area (Å²) in [5.41, 5.74) is 0.612. The maximum Gasteiger partial charge on any atom is 0.254 e. The lowest BCUT2D eigenvalue weighted by atomic mass is 10.2. The number of furan rings is 1. The number of amides is 1. The van der Waals surface area contributed by atoms with Gasteiger partial charge in [-0.25, -0.2) is 0 Å². The highest BCUT2D eigenvalue weighted by atomic mass is 127. The van der Waals surface area contributed by atoms with Crippen molar-refractivity contribution in [3.8, 4) is 0 Å². The number of aryl methyl sites for hydroxylation is 1. The van der Waals surface area contributed by atoms with Gasteiger partial charge in [-0.2, -0.15) is 0 Å². The number of alkyl halides is 1. The molecule has 84 valence electrons. The van der Waals surface area contributed by atoms with Crippen LogP contribution in [-0.2, 0) is 0 Å². The molecule has 0 bridgehead atoms. The summed E-state index contributed by atoms with van der Waals surface area (Å²) in [5.74, 6) is 0.728. The number of carbonyl (C=O) groups excluding carboxylic acids is 1. The molecule has 1 aromatic rings. The molecule has 0 unspecified atom stereocenters. The zero-order valence-electron chi connectivity index (χ0n) is 8.88. The second-order valence-electron chi connectivity index (χ2n) is 3.45. The van der Waals surface area contributed by atoms with Gasteiger partial charge < -0.3 is 9.73 Å². The third kappa shape index (κ3) is 4.68. The van der Waals surface area contributed by atoms with Crippen molar-refractivity contribution in [3.63, 3.8) is 0 Å². The lowest BCUT2D eigenvalue weighted by molar-refractivity contribution is 0.0952. The quantitative estimate of drug-likeness (QED) is 0.497. The van der Waals surface area contributed by atoms with Gasteiger partial charge in [-0.3, -0.25) is 4.79 Å². The predicted molar refractivity (Wildman–Crippen MR) is 68.5 cm³/mol. The average Bonchev–Trinajstić information content (AvgIpc) is 2.64. The third-order valence-electron chi connectivity index (χ3n) is 2.09. The number of hydrogen-bond acceptors (Lipinski definition) is 2. The summed E-state index contributed by atoms with van der Waals surface area (Å²) in [6, 6.07) is 1.75. The zero-order valence-corrected chi connectivity index (χ0v) is 11.0. The van der Waals surface area contributed by atoms with Crippen LogP contribution in [0.15, 0.2) is 16.7 Å². The summed E-state index contributed by atoms with van der Waals surface area (Å²) < 4.78 is 6.26. The fourth-order valence-electron chi connectivity index (χ4n) is 1.26. The van der Waals surface area contributed by atoms with Crippen molar-refractivity contribution < 1.29 is 9.21 Å². The van der Waals surface area contributed by atoms with Gasteiger partial charge in [0.15, 0.2) is 0 Å². The van der Waals surface area contributed by atoms with E-state index < -0.39 is 0 Å². The van der Waals surface area contributed by atoms with E-state index in [1.165, 1.54) is 23.5 Å². The van der Waals surface area contributed by atoms with Gasteiger partial charge in [-0.05, 0) is 30.3 Å². The van der Waals surface area contributed by atoms with Crippen LogP contribution >= 0.6 is 22.6 Å². The summed E-state index contributed by atoms with van der Waals surface area (Å²) >= 11 is 2.36. The van der Waals surface area contributed by atoms with Gasteiger partial charge in [-0.1, -0.05) is 29.0 Å². The van der Waals surface area contributed by atoms with E-state index in [2.05, 4.69) is 27.9 Å². The van der Waals surface area contributed by atoms with Gasteiger partial charge in [0.25, 0.3) is 5.91 Å². The molecule has 1 aromatic heterocycles. The molecule has 1 N–H and O–H groups in total. The molecule has 0 saturated carbocycles. The molecule has 1 rings (SSSR count). The predicted octanol–water partition coefficient (Wildman–Crippen LogP) is 2.92. The van der Waals surface area contributed by atoms with Crippen molar-refractivity contribution in [2.24, 2.45) is 0 Å². The molecule has 15 heavy (non-hydrogen) atoms. The molecule has 0 aliphatic heterocycles. The average molecular weight is 321 g/mol. The third-order valence-corrected chi connectivity index (χ3v) is 2.85. The van der Waals surface area contributed by atoms with Crippen molar-refractivity contribution in [2.45, 2.75) is 26.2 Å². The van der Waals surface area contributed by atoms with Crippen LogP contribution in [0.3, 0.4) is 0 Å². The Morgan fingerprint density at radius 2 is 2.27 bits per heavy atom. The van der Waals surface area contributed by atoms with Crippen LogP contribution in [0, 0.1) is 6.92 Å². The Hall–Kier alpha value is -0.520. The maximum absolute atomic E-state index is 11.5. The number of unbranched alkanes of at least 4 members (excludes halogenated alkanes) is 2. The molecule has 3 nitrogen and oxygen atoms in total. The van der Waals surface area contributed by atoms with E-state index in [4.69, 9.17) is 4.42 Å². The van der Waals surface area contributed by atoms with Crippen LogP contribution in [-0.4, -0.2) is 16.9 Å². The molecule has 1 amide bonds. The number of nitrogens with one attached hydrogen (secondary N) is 1. The Morgan fingerprint density at radius 3 is 2.87 bits per heavy atom. The second kappa shape index (κ2) is 6.87. The summed E-state index contributed by atoms with van der Waals surface area (Å²) in [7, 11) is 0. The van der Waals surface area contributed by atoms with Gasteiger partial charge in [-0.15, -0.1) is 0 Å². The molecule has 4 heteroatoms. The molecular weight excluding hydrogens is 305 g/mol. The van der Waals surface area contributed by atoms with Gasteiger partial charge in [0.2, 0.25) is 0 Å². The van der Waals surface area contributed by atoms with E-state index in [1.54, 1.807) is 6.07 Å². The Bertz CT molecular complexity index is 309. The fourth-order valence-corrected chi connectivity index (χ4v) is 1.80. The highest BCUT2D eigenvalue weighted by Crippen LogP contribution is 2.05.